The van der Waals surface area contributed by atoms with E-state index in [2.05, 4.69) is 88.4 Å². The van der Waals surface area contributed by atoms with Gasteiger partial charge in [0.1, 0.15) is 6.61 Å². The molecule has 1 aliphatic rings. The van der Waals surface area contributed by atoms with Gasteiger partial charge >= 0.3 is 0 Å². The second-order valence-electron chi connectivity index (χ2n) is 7.72. The van der Waals surface area contributed by atoms with Crippen LogP contribution in [0.1, 0.15) is 36.1 Å². The molecule has 1 atom stereocenters. The summed E-state index contributed by atoms with van der Waals surface area (Å²) in [6, 6.07) is 22.1. The minimum absolute atomic E-state index is 0.252. The molecule has 4 rings (SSSR count). The zero-order chi connectivity index (χ0) is 20.4. The summed E-state index contributed by atoms with van der Waals surface area (Å²) in [5.74, 6) is 1.35. The molecule has 1 aromatic heterocycles. The first-order chi connectivity index (χ1) is 14.1. The lowest BCUT2D eigenvalue weighted by Crippen LogP contribution is -2.26. The Morgan fingerprint density at radius 3 is 2.10 bits per heavy atom. The van der Waals surface area contributed by atoms with Crippen LogP contribution in [-0.2, 0) is 11.2 Å². The number of hydrogen-bond acceptors (Lipinski definition) is 3. The highest BCUT2D eigenvalue weighted by molar-refractivity contribution is 7.80. The van der Waals surface area contributed by atoms with Crippen LogP contribution in [0.5, 0.6) is 0 Å². The fraction of sp³-hybridized carbons (Fsp3) is 0.320. The van der Waals surface area contributed by atoms with Crippen molar-refractivity contribution >= 4 is 41.1 Å². The van der Waals surface area contributed by atoms with Gasteiger partial charge < -0.3 is 4.74 Å². The normalized spacial score (nSPS) is 16.3. The number of ether oxygens (including phenoxy) is 1. The molecular formula is C25H28NOPS. The van der Waals surface area contributed by atoms with E-state index < -0.39 is 7.92 Å². The Bertz CT molecular complexity index is 955. The molecule has 3 aromatic rings. The summed E-state index contributed by atoms with van der Waals surface area (Å²) in [4.78, 5) is 7.79. The maximum Gasteiger partial charge on any atom is 0.218 e. The molecule has 0 amide bonds. The highest BCUT2D eigenvalue weighted by Gasteiger charge is 2.32. The van der Waals surface area contributed by atoms with Crippen molar-refractivity contribution in [1.29, 1.82) is 0 Å². The molecule has 29 heavy (non-hydrogen) atoms. The van der Waals surface area contributed by atoms with E-state index >= 15 is 0 Å². The van der Waals surface area contributed by atoms with Crippen molar-refractivity contribution in [2.24, 2.45) is 10.9 Å². The quantitative estimate of drug-likeness (QED) is 0.503. The van der Waals surface area contributed by atoms with Gasteiger partial charge in [0.05, 0.1) is 11.6 Å². The van der Waals surface area contributed by atoms with Crippen LogP contribution in [0.3, 0.4) is 0 Å². The summed E-state index contributed by atoms with van der Waals surface area (Å²) in [6.07, 6.45) is 1.00. The Morgan fingerprint density at radius 1 is 1.03 bits per heavy atom. The van der Waals surface area contributed by atoms with Crippen LogP contribution in [0.2, 0.25) is 0 Å². The number of benzene rings is 2. The first-order valence-corrected chi connectivity index (χ1v) is 12.5. The maximum atomic E-state index is 6.20. The number of thiophene rings is 1. The van der Waals surface area contributed by atoms with Gasteiger partial charge in [-0.3, -0.25) is 0 Å². The SMILES string of the molecule is CCc1sc(C)c(P(c2ccccc2)c2ccccc2)c1C1=N[C@@H](C(C)C)CO1. The van der Waals surface area contributed by atoms with Crippen molar-refractivity contribution in [3.05, 3.63) is 76.0 Å². The second-order valence-corrected chi connectivity index (χ2v) is 11.2. The Hall–Kier alpha value is -1.96. The van der Waals surface area contributed by atoms with Gasteiger partial charge in [-0.15, -0.1) is 11.3 Å². The molecule has 0 spiro atoms. The third-order valence-corrected chi connectivity index (χ3v) is 9.39. The first-order valence-electron chi connectivity index (χ1n) is 10.3. The van der Waals surface area contributed by atoms with Crippen molar-refractivity contribution in [2.45, 2.75) is 40.2 Å². The fourth-order valence-electron chi connectivity index (χ4n) is 3.76. The molecule has 0 saturated heterocycles. The highest BCUT2D eigenvalue weighted by Crippen LogP contribution is 2.40. The van der Waals surface area contributed by atoms with Gasteiger partial charge in [0, 0.05) is 15.1 Å². The summed E-state index contributed by atoms with van der Waals surface area (Å²) in [5.41, 5.74) is 1.26. The van der Waals surface area contributed by atoms with Gasteiger partial charge in [0.2, 0.25) is 5.90 Å². The zero-order valence-corrected chi connectivity index (χ0v) is 19.3. The van der Waals surface area contributed by atoms with Crippen LogP contribution < -0.4 is 15.9 Å². The lowest BCUT2D eigenvalue weighted by molar-refractivity contribution is 0.292. The number of hydrogen-bond donors (Lipinski definition) is 0. The lowest BCUT2D eigenvalue weighted by atomic mass is 10.1. The average Bonchev–Trinajstić information content (AvgIpc) is 3.35. The third kappa shape index (κ3) is 4.04. The molecule has 0 bridgehead atoms. The van der Waals surface area contributed by atoms with Crippen LogP contribution in [0.15, 0.2) is 65.7 Å². The Kier molecular flexibility index (Phi) is 6.18. The van der Waals surface area contributed by atoms with E-state index in [4.69, 9.17) is 9.73 Å². The summed E-state index contributed by atoms with van der Waals surface area (Å²) < 4.78 is 6.20. The predicted molar refractivity (Wildman–Crippen MR) is 128 cm³/mol. The van der Waals surface area contributed by atoms with Crippen LogP contribution in [-0.4, -0.2) is 18.5 Å². The molecule has 150 valence electrons. The third-order valence-electron chi connectivity index (χ3n) is 5.36. The van der Waals surface area contributed by atoms with Crippen molar-refractivity contribution in [1.82, 2.24) is 0 Å². The zero-order valence-electron chi connectivity index (χ0n) is 17.6. The summed E-state index contributed by atoms with van der Waals surface area (Å²) >= 11 is 1.91. The molecule has 0 N–H and O–H groups in total. The van der Waals surface area contributed by atoms with Crippen molar-refractivity contribution < 1.29 is 4.74 Å². The molecule has 0 aliphatic carbocycles. The van der Waals surface area contributed by atoms with E-state index in [9.17, 15) is 0 Å². The standard InChI is InChI=1S/C25H28NOPS/c1-5-22-23(25-26-21(16-27-25)17(2)3)24(18(4)29-22)28(19-12-8-6-9-13-19)20-14-10-7-11-15-20/h6-15,17,21H,5,16H2,1-4H3/t21-/m1/s1. The number of rotatable bonds is 6. The van der Waals surface area contributed by atoms with Crippen LogP contribution in [0.4, 0.5) is 0 Å². The van der Waals surface area contributed by atoms with Gasteiger partial charge in [-0.25, -0.2) is 4.99 Å². The van der Waals surface area contributed by atoms with Crippen molar-refractivity contribution in [3.8, 4) is 0 Å². The van der Waals surface area contributed by atoms with Crippen LogP contribution in [0.25, 0.3) is 0 Å². The second kappa shape index (κ2) is 8.81. The molecular weight excluding hydrogens is 393 g/mol. The van der Waals surface area contributed by atoms with Gasteiger partial charge in [0.25, 0.3) is 0 Å². The van der Waals surface area contributed by atoms with E-state index in [0.717, 1.165) is 12.3 Å². The highest BCUT2D eigenvalue weighted by atomic mass is 32.1. The molecule has 2 nitrogen and oxygen atoms in total. The van der Waals surface area contributed by atoms with Crippen molar-refractivity contribution in [3.63, 3.8) is 0 Å². The molecule has 0 fully saturated rings. The molecule has 4 heteroatoms. The maximum absolute atomic E-state index is 6.20. The largest absolute Gasteiger partial charge is 0.475 e. The minimum Gasteiger partial charge on any atom is -0.475 e. The molecule has 2 aromatic carbocycles. The monoisotopic (exact) mass is 421 g/mol. The van der Waals surface area contributed by atoms with E-state index in [-0.39, 0.29) is 6.04 Å². The topological polar surface area (TPSA) is 21.6 Å². The Morgan fingerprint density at radius 2 is 1.62 bits per heavy atom. The molecule has 2 heterocycles. The van der Waals surface area contributed by atoms with Crippen molar-refractivity contribution in [2.75, 3.05) is 6.61 Å². The summed E-state index contributed by atoms with van der Waals surface area (Å²) in [7, 11) is -0.669. The smallest absolute Gasteiger partial charge is 0.218 e. The molecule has 1 aliphatic heterocycles. The van der Waals surface area contributed by atoms with Gasteiger partial charge in [-0.2, -0.15) is 0 Å². The average molecular weight is 422 g/mol. The fourth-order valence-corrected chi connectivity index (χ4v) is 7.77. The Labute approximate surface area is 179 Å². The summed E-state index contributed by atoms with van der Waals surface area (Å²) in [5, 5.41) is 4.16. The van der Waals surface area contributed by atoms with Crippen LogP contribution in [0, 0.1) is 12.8 Å². The lowest BCUT2D eigenvalue weighted by Gasteiger charge is -2.21. The number of aliphatic imine (C=N–C) groups is 1. The first kappa shape index (κ1) is 20.3. The molecule has 0 radical (unpaired) electrons. The van der Waals surface area contributed by atoms with Gasteiger partial charge in [-0.1, -0.05) is 81.4 Å². The van der Waals surface area contributed by atoms with Gasteiger partial charge in [0.15, 0.2) is 0 Å². The van der Waals surface area contributed by atoms with E-state index in [1.54, 1.807) is 0 Å². The number of nitrogens with zero attached hydrogens (tertiary/aromatic N) is 1. The Balaban J connectivity index is 1.92. The predicted octanol–water partition coefficient (Wildman–Crippen LogP) is 5.18. The summed E-state index contributed by atoms with van der Waals surface area (Å²) in [6.45, 7) is 9.64. The minimum atomic E-state index is -0.669. The van der Waals surface area contributed by atoms with E-state index in [1.807, 2.05) is 11.3 Å². The van der Waals surface area contributed by atoms with E-state index in [0.29, 0.717) is 12.5 Å². The molecule has 0 saturated carbocycles. The molecule has 0 unspecified atom stereocenters. The van der Waals surface area contributed by atoms with E-state index in [1.165, 1.54) is 31.2 Å². The van der Waals surface area contributed by atoms with Gasteiger partial charge in [-0.05, 0) is 37.8 Å². The number of aryl methyl sites for hydroxylation is 2. The van der Waals surface area contributed by atoms with Crippen LogP contribution >= 0.6 is 19.3 Å².